The van der Waals surface area contributed by atoms with Gasteiger partial charge in [-0.25, -0.2) is 13.9 Å². The summed E-state index contributed by atoms with van der Waals surface area (Å²) in [6, 6.07) is 0. The Hall–Kier alpha value is -1.77. The summed E-state index contributed by atoms with van der Waals surface area (Å²) in [6.45, 7) is 0.457. The maximum absolute atomic E-state index is 11.4. The van der Waals surface area contributed by atoms with E-state index in [1.807, 2.05) is 17.8 Å². The Morgan fingerprint density at radius 2 is 2.44 bits per heavy atom. The highest BCUT2D eigenvalue weighted by molar-refractivity contribution is 5.69. The van der Waals surface area contributed by atoms with Crippen LogP contribution >= 0.6 is 0 Å². The molecular weight excluding hydrogens is 304 g/mol. The predicted octanol–water partition coefficient (Wildman–Crippen LogP) is -4.38. The third-order valence-electron chi connectivity index (χ3n) is 2.11. The Kier molecular flexibility index (Phi) is 5.43. The van der Waals surface area contributed by atoms with Crippen molar-refractivity contribution in [1.82, 2.24) is 25.2 Å². The van der Waals surface area contributed by atoms with Gasteiger partial charge in [-0.1, -0.05) is 5.21 Å². The second kappa shape index (κ2) is 6.84. The van der Waals surface area contributed by atoms with Gasteiger partial charge in [-0.05, 0) is 0 Å². The van der Waals surface area contributed by atoms with E-state index < -0.39 is 0 Å². The van der Waals surface area contributed by atoms with Gasteiger partial charge in [0.25, 0.3) is 0 Å². The van der Waals surface area contributed by atoms with Crippen LogP contribution in [0.3, 0.4) is 0 Å². The second-order valence-corrected chi connectivity index (χ2v) is 3.55. The molecular formula is C9H13BrN6O2. The van der Waals surface area contributed by atoms with Crippen LogP contribution in [0.2, 0.25) is 0 Å². The van der Waals surface area contributed by atoms with Crippen molar-refractivity contribution in [2.24, 2.45) is 7.05 Å². The van der Waals surface area contributed by atoms with Crippen LogP contribution in [0.5, 0.6) is 0 Å². The Balaban J connectivity index is 0.00000162. The molecule has 0 aliphatic heterocycles. The number of halogens is 1. The summed E-state index contributed by atoms with van der Waals surface area (Å²) in [7, 11) is 1.89. The number of H-pyrrole nitrogens is 1. The summed E-state index contributed by atoms with van der Waals surface area (Å²) < 4.78 is 8.64. The number of carbonyl (C=O) groups is 1. The number of hydrogen-bond acceptors (Lipinski definition) is 5. The van der Waals surface area contributed by atoms with E-state index >= 15 is 0 Å². The number of esters is 1. The summed E-state index contributed by atoms with van der Waals surface area (Å²) in [5, 5.41) is 13.2. The number of nitrogens with one attached hydrogen (secondary N) is 1. The number of rotatable bonds is 5. The van der Waals surface area contributed by atoms with Crippen LogP contribution in [-0.4, -0.2) is 37.8 Å². The number of ether oxygens (including phenoxy) is 1. The van der Waals surface area contributed by atoms with E-state index in [0.717, 1.165) is 0 Å². The van der Waals surface area contributed by atoms with Crippen LogP contribution in [0, 0.1) is 0 Å². The molecule has 0 fully saturated rings. The van der Waals surface area contributed by atoms with Crippen molar-refractivity contribution < 1.29 is 31.1 Å². The molecule has 0 atom stereocenters. The molecule has 0 spiro atoms. The zero-order valence-electron chi connectivity index (χ0n) is 9.78. The molecule has 98 valence electrons. The Morgan fingerprint density at radius 3 is 3.06 bits per heavy atom. The molecule has 0 radical (unpaired) electrons. The van der Waals surface area contributed by atoms with Gasteiger partial charge in [-0.3, -0.25) is 0 Å². The number of carbonyl (C=O) groups excluding carboxylic acids is 1. The molecule has 18 heavy (non-hydrogen) atoms. The molecule has 0 unspecified atom stereocenters. The van der Waals surface area contributed by atoms with Crippen LogP contribution in [0.1, 0.15) is 5.82 Å². The monoisotopic (exact) mass is 316 g/mol. The highest BCUT2D eigenvalue weighted by Crippen LogP contribution is 1.91. The van der Waals surface area contributed by atoms with E-state index in [2.05, 4.69) is 20.6 Å². The number of aromatic amines is 1. The Labute approximate surface area is 114 Å². The fourth-order valence-corrected chi connectivity index (χ4v) is 1.33. The quantitative estimate of drug-likeness (QED) is 0.444. The van der Waals surface area contributed by atoms with E-state index in [4.69, 9.17) is 4.74 Å². The number of tetrazole rings is 1. The average Bonchev–Trinajstić information content (AvgIpc) is 2.90. The highest BCUT2D eigenvalue weighted by atomic mass is 79.9. The van der Waals surface area contributed by atoms with E-state index in [1.165, 1.54) is 0 Å². The number of imidazole rings is 1. The minimum atomic E-state index is -0.287. The number of aromatic nitrogens is 6. The molecule has 9 heteroatoms. The third-order valence-corrected chi connectivity index (χ3v) is 2.11. The first-order chi connectivity index (χ1) is 8.24. The van der Waals surface area contributed by atoms with Crippen LogP contribution in [0.25, 0.3) is 0 Å². The van der Waals surface area contributed by atoms with Crippen molar-refractivity contribution in [2.45, 2.75) is 13.0 Å². The van der Waals surface area contributed by atoms with Gasteiger partial charge >= 0.3 is 5.97 Å². The molecule has 0 saturated heterocycles. The smallest absolute Gasteiger partial charge is 0.348 e. The lowest BCUT2D eigenvalue weighted by Gasteiger charge is -2.00. The van der Waals surface area contributed by atoms with Gasteiger partial charge < -0.3 is 21.7 Å². The van der Waals surface area contributed by atoms with Crippen molar-refractivity contribution in [3.8, 4) is 0 Å². The van der Waals surface area contributed by atoms with E-state index in [-0.39, 0.29) is 36.1 Å². The average molecular weight is 317 g/mol. The lowest BCUT2D eigenvalue weighted by atomic mass is 10.4. The van der Waals surface area contributed by atoms with Gasteiger partial charge in [0, 0.05) is 6.42 Å². The molecule has 0 saturated carbocycles. The lowest BCUT2D eigenvalue weighted by molar-refractivity contribution is -0.671. The van der Waals surface area contributed by atoms with Gasteiger partial charge in [-0.2, -0.15) is 5.21 Å². The van der Waals surface area contributed by atoms with Crippen LogP contribution in [-0.2, 0) is 29.5 Å². The van der Waals surface area contributed by atoms with Crippen molar-refractivity contribution in [3.05, 3.63) is 24.5 Å². The van der Waals surface area contributed by atoms with Gasteiger partial charge in [-0.15, -0.1) is 10.2 Å². The van der Waals surface area contributed by atoms with Gasteiger partial charge in [0.2, 0.25) is 6.33 Å². The summed E-state index contributed by atoms with van der Waals surface area (Å²) >= 11 is 0. The Bertz CT molecular complexity index is 483. The van der Waals surface area contributed by atoms with E-state index in [9.17, 15) is 4.79 Å². The Morgan fingerprint density at radius 1 is 1.61 bits per heavy atom. The summed E-state index contributed by atoms with van der Waals surface area (Å²) in [5.74, 6) is 0.245. The molecule has 1 N–H and O–H groups in total. The summed E-state index contributed by atoms with van der Waals surface area (Å²) in [4.78, 5) is 11.4. The molecule has 8 nitrogen and oxygen atoms in total. The molecule has 2 heterocycles. The number of aryl methyl sites for hydroxylation is 1. The maximum atomic E-state index is 11.4. The second-order valence-electron chi connectivity index (χ2n) is 3.55. The van der Waals surface area contributed by atoms with Gasteiger partial charge in [0.05, 0.1) is 13.7 Å². The molecule has 0 amide bonds. The van der Waals surface area contributed by atoms with Crippen molar-refractivity contribution in [1.29, 1.82) is 0 Å². The molecule has 2 aromatic rings. The third kappa shape index (κ3) is 4.24. The first-order valence-electron chi connectivity index (χ1n) is 5.13. The van der Waals surface area contributed by atoms with Gasteiger partial charge in [0.1, 0.15) is 12.4 Å². The van der Waals surface area contributed by atoms with Gasteiger partial charge in [0.15, 0.2) is 12.4 Å². The summed E-state index contributed by atoms with van der Waals surface area (Å²) in [5.41, 5.74) is 0. The van der Waals surface area contributed by atoms with Crippen molar-refractivity contribution in [3.63, 3.8) is 0 Å². The molecule has 2 rings (SSSR count). The first-order valence-corrected chi connectivity index (χ1v) is 5.13. The fourth-order valence-electron chi connectivity index (χ4n) is 1.33. The molecule has 0 bridgehead atoms. The largest absolute Gasteiger partial charge is 1.00 e. The maximum Gasteiger partial charge on any atom is 0.348 e. The minimum absolute atomic E-state index is 0. The topological polar surface area (TPSA) is 89.6 Å². The molecule has 0 aromatic carbocycles. The SMILES string of the molecule is C[n+]1ccn(CC(=O)OCCc2nn[nH]n2)c1.[Br-]. The van der Waals surface area contributed by atoms with Crippen LogP contribution in [0.4, 0.5) is 0 Å². The van der Waals surface area contributed by atoms with E-state index in [0.29, 0.717) is 12.2 Å². The fraction of sp³-hybridized carbons (Fsp3) is 0.444. The highest BCUT2D eigenvalue weighted by Gasteiger charge is 2.09. The zero-order chi connectivity index (χ0) is 12.1. The normalized spacial score (nSPS) is 9.83. The van der Waals surface area contributed by atoms with Crippen molar-refractivity contribution in [2.75, 3.05) is 6.61 Å². The lowest BCUT2D eigenvalue weighted by Crippen LogP contribution is -3.00. The minimum Gasteiger partial charge on any atom is -1.00 e. The van der Waals surface area contributed by atoms with E-state index in [1.54, 1.807) is 17.1 Å². The van der Waals surface area contributed by atoms with Crippen LogP contribution in [0.15, 0.2) is 18.7 Å². The van der Waals surface area contributed by atoms with Crippen molar-refractivity contribution >= 4 is 5.97 Å². The predicted molar refractivity (Wildman–Crippen MR) is 54.4 cm³/mol. The first kappa shape index (κ1) is 14.3. The number of hydrogen-bond donors (Lipinski definition) is 1. The molecule has 2 aromatic heterocycles. The standard InChI is InChI=1S/C9H13N6O2.BrH/c1-14-3-4-15(7-14)6-9(16)17-5-2-8-10-12-13-11-8;/h3-4,7H,2,5-6H2,1H3,(H,10,11,12,13);1H/q+1;/p-1. The summed E-state index contributed by atoms with van der Waals surface area (Å²) in [6.07, 6.45) is 5.93. The number of nitrogens with zero attached hydrogens (tertiary/aromatic N) is 5. The van der Waals surface area contributed by atoms with Crippen LogP contribution < -0.4 is 21.5 Å². The zero-order valence-corrected chi connectivity index (χ0v) is 11.4. The molecule has 0 aliphatic carbocycles. The molecule has 0 aliphatic rings.